The number of rotatable bonds is 4. The molecule has 1 amide bonds. The number of carbonyl (C=O) groups is 1. The normalized spacial score (nSPS) is 16.7. The Kier molecular flexibility index (Phi) is 5.25. The predicted octanol–water partition coefficient (Wildman–Crippen LogP) is 2.62. The maximum Gasteiger partial charge on any atom is 0.223 e. The molecule has 0 aromatic carbocycles. The molecule has 1 aliphatic heterocycles. The van der Waals surface area contributed by atoms with Gasteiger partial charge in [-0.05, 0) is 44.0 Å². The highest BCUT2D eigenvalue weighted by Gasteiger charge is 2.26. The fourth-order valence-electron chi connectivity index (χ4n) is 2.89. The molecule has 24 heavy (non-hydrogen) atoms. The van der Waals surface area contributed by atoms with E-state index in [1.165, 1.54) is 0 Å². The third-order valence-electron chi connectivity index (χ3n) is 4.30. The SMILES string of the molecule is C[C@@H](NC(=O)C1CCN(c2ccc(Cl)nn2)CC1)c1ccccn1. The van der Waals surface area contributed by atoms with Crippen molar-refractivity contribution in [1.29, 1.82) is 0 Å². The molecule has 0 aliphatic carbocycles. The van der Waals surface area contributed by atoms with Crippen molar-refractivity contribution in [2.75, 3.05) is 18.0 Å². The molecule has 0 spiro atoms. The molecule has 1 fully saturated rings. The summed E-state index contributed by atoms with van der Waals surface area (Å²) in [7, 11) is 0. The average molecular weight is 346 g/mol. The highest BCUT2D eigenvalue weighted by atomic mass is 35.5. The Hall–Kier alpha value is -2.21. The first-order valence-corrected chi connectivity index (χ1v) is 8.47. The molecule has 3 rings (SSSR count). The molecule has 0 unspecified atom stereocenters. The third kappa shape index (κ3) is 4.00. The molecule has 1 saturated heterocycles. The lowest BCUT2D eigenvalue weighted by Gasteiger charge is -2.32. The van der Waals surface area contributed by atoms with Gasteiger partial charge >= 0.3 is 0 Å². The van der Waals surface area contributed by atoms with Crippen molar-refractivity contribution in [2.45, 2.75) is 25.8 Å². The monoisotopic (exact) mass is 345 g/mol. The lowest BCUT2D eigenvalue weighted by Crippen LogP contribution is -2.41. The van der Waals surface area contributed by atoms with Crippen LogP contribution in [0.4, 0.5) is 5.82 Å². The second kappa shape index (κ2) is 7.57. The van der Waals surface area contributed by atoms with Crippen LogP contribution < -0.4 is 10.2 Å². The van der Waals surface area contributed by atoms with Gasteiger partial charge in [0.1, 0.15) is 0 Å². The summed E-state index contributed by atoms with van der Waals surface area (Å²) in [5, 5.41) is 11.4. The van der Waals surface area contributed by atoms with Crippen LogP contribution in [-0.2, 0) is 4.79 Å². The van der Waals surface area contributed by atoms with Crippen LogP contribution in [0, 0.1) is 5.92 Å². The first-order chi connectivity index (χ1) is 11.6. The number of pyridine rings is 1. The quantitative estimate of drug-likeness (QED) is 0.922. The molecule has 6 nitrogen and oxygen atoms in total. The van der Waals surface area contributed by atoms with Crippen molar-refractivity contribution in [3.63, 3.8) is 0 Å². The Morgan fingerprint density at radius 2 is 2.04 bits per heavy atom. The Bertz CT molecular complexity index is 671. The fraction of sp³-hybridized carbons (Fsp3) is 0.412. The smallest absolute Gasteiger partial charge is 0.223 e. The number of hydrogen-bond acceptors (Lipinski definition) is 5. The van der Waals surface area contributed by atoms with Gasteiger partial charge in [0.2, 0.25) is 5.91 Å². The summed E-state index contributed by atoms with van der Waals surface area (Å²) in [6, 6.07) is 9.23. The van der Waals surface area contributed by atoms with E-state index in [-0.39, 0.29) is 17.9 Å². The summed E-state index contributed by atoms with van der Waals surface area (Å²) in [5.74, 6) is 0.919. The molecule has 1 atom stereocenters. The number of halogens is 1. The van der Waals surface area contributed by atoms with Gasteiger partial charge in [0, 0.05) is 25.2 Å². The molecule has 1 N–H and O–H groups in total. The van der Waals surface area contributed by atoms with Gasteiger partial charge in [0.15, 0.2) is 11.0 Å². The Morgan fingerprint density at radius 3 is 2.67 bits per heavy atom. The molecule has 0 radical (unpaired) electrons. The van der Waals surface area contributed by atoms with E-state index in [2.05, 4.69) is 25.4 Å². The van der Waals surface area contributed by atoms with E-state index in [0.29, 0.717) is 5.15 Å². The lowest BCUT2D eigenvalue weighted by atomic mass is 9.95. The van der Waals surface area contributed by atoms with Crippen molar-refractivity contribution < 1.29 is 4.79 Å². The van der Waals surface area contributed by atoms with Crippen LogP contribution >= 0.6 is 11.6 Å². The predicted molar refractivity (Wildman–Crippen MR) is 92.8 cm³/mol. The highest BCUT2D eigenvalue weighted by Crippen LogP contribution is 2.23. The fourth-order valence-corrected chi connectivity index (χ4v) is 2.99. The molecule has 126 valence electrons. The van der Waals surface area contributed by atoms with E-state index in [9.17, 15) is 4.79 Å². The molecule has 0 bridgehead atoms. The summed E-state index contributed by atoms with van der Waals surface area (Å²) in [4.78, 5) is 18.9. The van der Waals surface area contributed by atoms with E-state index in [4.69, 9.17) is 11.6 Å². The third-order valence-corrected chi connectivity index (χ3v) is 4.50. The topological polar surface area (TPSA) is 71.0 Å². The van der Waals surface area contributed by atoms with Crippen molar-refractivity contribution in [3.05, 3.63) is 47.4 Å². The highest BCUT2D eigenvalue weighted by molar-refractivity contribution is 6.29. The van der Waals surface area contributed by atoms with Gasteiger partial charge in [-0.15, -0.1) is 10.2 Å². The minimum absolute atomic E-state index is 0.0210. The zero-order valence-electron chi connectivity index (χ0n) is 13.5. The number of aromatic nitrogens is 3. The zero-order valence-corrected chi connectivity index (χ0v) is 14.3. The largest absolute Gasteiger partial charge is 0.355 e. The van der Waals surface area contributed by atoms with E-state index in [1.54, 1.807) is 12.3 Å². The molecule has 3 heterocycles. The minimum Gasteiger partial charge on any atom is -0.355 e. The van der Waals surface area contributed by atoms with Crippen LogP contribution in [-0.4, -0.2) is 34.2 Å². The molecular formula is C17H20ClN5O. The number of nitrogens with one attached hydrogen (secondary N) is 1. The molecular weight excluding hydrogens is 326 g/mol. The first-order valence-electron chi connectivity index (χ1n) is 8.09. The van der Waals surface area contributed by atoms with Gasteiger partial charge in [-0.25, -0.2) is 0 Å². The number of piperidine rings is 1. The molecule has 1 aliphatic rings. The summed E-state index contributed by atoms with van der Waals surface area (Å²) in [5.41, 5.74) is 0.875. The first kappa shape index (κ1) is 16.6. The van der Waals surface area contributed by atoms with E-state index in [0.717, 1.165) is 37.4 Å². The number of hydrogen-bond donors (Lipinski definition) is 1. The molecule has 2 aromatic heterocycles. The van der Waals surface area contributed by atoms with Gasteiger partial charge in [-0.1, -0.05) is 17.7 Å². The number of anilines is 1. The summed E-state index contributed by atoms with van der Waals surface area (Å²) in [6.45, 7) is 3.53. The maximum absolute atomic E-state index is 12.5. The van der Waals surface area contributed by atoms with Gasteiger partial charge in [0.05, 0.1) is 11.7 Å². The number of nitrogens with zero attached hydrogens (tertiary/aromatic N) is 4. The second-order valence-corrected chi connectivity index (χ2v) is 6.35. The van der Waals surface area contributed by atoms with Gasteiger partial charge in [-0.2, -0.15) is 0 Å². The van der Waals surface area contributed by atoms with Gasteiger partial charge in [0.25, 0.3) is 0 Å². The Balaban J connectivity index is 1.52. The van der Waals surface area contributed by atoms with Crippen molar-refractivity contribution in [1.82, 2.24) is 20.5 Å². The second-order valence-electron chi connectivity index (χ2n) is 5.96. The van der Waals surface area contributed by atoms with Crippen LogP contribution in [0.15, 0.2) is 36.5 Å². The van der Waals surface area contributed by atoms with Crippen molar-refractivity contribution in [3.8, 4) is 0 Å². The van der Waals surface area contributed by atoms with Crippen LogP contribution in [0.3, 0.4) is 0 Å². The Morgan fingerprint density at radius 1 is 1.25 bits per heavy atom. The van der Waals surface area contributed by atoms with Crippen LogP contribution in [0.1, 0.15) is 31.5 Å². The van der Waals surface area contributed by atoms with Crippen molar-refractivity contribution >= 4 is 23.3 Å². The lowest BCUT2D eigenvalue weighted by molar-refractivity contribution is -0.126. The average Bonchev–Trinajstić information content (AvgIpc) is 2.63. The Labute approximate surface area is 146 Å². The van der Waals surface area contributed by atoms with E-state index >= 15 is 0 Å². The zero-order chi connectivity index (χ0) is 16.9. The summed E-state index contributed by atoms with van der Waals surface area (Å²) in [6.07, 6.45) is 3.33. The van der Waals surface area contributed by atoms with Crippen molar-refractivity contribution in [2.24, 2.45) is 5.92 Å². The van der Waals surface area contributed by atoms with Crippen LogP contribution in [0.5, 0.6) is 0 Å². The number of amides is 1. The van der Waals surface area contributed by atoms with E-state index in [1.807, 2.05) is 31.2 Å². The minimum atomic E-state index is -0.0844. The summed E-state index contributed by atoms with van der Waals surface area (Å²) >= 11 is 5.76. The standard InChI is InChI=1S/C17H20ClN5O/c1-12(14-4-2-3-9-19-14)20-17(24)13-7-10-23(11-8-13)16-6-5-15(18)21-22-16/h2-6,9,12-13H,7-8,10-11H2,1H3,(H,20,24)/t12-/m1/s1. The molecule has 7 heteroatoms. The van der Waals surface area contributed by atoms with Gasteiger partial charge < -0.3 is 10.2 Å². The van der Waals surface area contributed by atoms with E-state index < -0.39 is 0 Å². The summed E-state index contributed by atoms with van der Waals surface area (Å²) < 4.78 is 0. The van der Waals surface area contributed by atoms with Crippen LogP contribution in [0.25, 0.3) is 0 Å². The maximum atomic E-state index is 12.5. The van der Waals surface area contributed by atoms with Crippen LogP contribution in [0.2, 0.25) is 5.15 Å². The molecule has 2 aromatic rings. The van der Waals surface area contributed by atoms with Gasteiger partial charge in [-0.3, -0.25) is 9.78 Å². The number of carbonyl (C=O) groups excluding carboxylic acids is 1. The molecule has 0 saturated carbocycles.